The summed E-state index contributed by atoms with van der Waals surface area (Å²) in [7, 11) is 0. The summed E-state index contributed by atoms with van der Waals surface area (Å²) in [5.74, 6) is -0.157. The topological polar surface area (TPSA) is 65.5 Å². The van der Waals surface area contributed by atoms with Gasteiger partial charge < -0.3 is 15.1 Å². The molecule has 1 N–H and O–H groups in total. The maximum absolute atomic E-state index is 14.0. The number of halogens is 1. The molecule has 0 aliphatic carbocycles. The highest BCUT2D eigenvalue weighted by molar-refractivity contribution is 5.97. The van der Waals surface area contributed by atoms with E-state index in [2.05, 4.69) is 15.2 Å². The molecule has 1 saturated heterocycles. The van der Waals surface area contributed by atoms with Gasteiger partial charge in [0.15, 0.2) is 0 Å². The number of rotatable bonds is 6. The number of anilines is 1. The second-order valence-electron chi connectivity index (χ2n) is 8.18. The third kappa shape index (κ3) is 5.55. The molecule has 33 heavy (non-hydrogen) atoms. The van der Waals surface area contributed by atoms with E-state index in [1.165, 1.54) is 6.07 Å². The molecular formula is C26H27FN4O2. The Morgan fingerprint density at radius 2 is 1.73 bits per heavy atom. The molecule has 1 aliphatic rings. The number of aromatic nitrogens is 1. The number of carbonyl (C=O) groups excluding carboxylic acids is 2. The Kier molecular flexibility index (Phi) is 6.98. The quantitative estimate of drug-likeness (QED) is 0.632. The summed E-state index contributed by atoms with van der Waals surface area (Å²) in [5.41, 5.74) is 1.61. The van der Waals surface area contributed by atoms with Gasteiger partial charge in [-0.1, -0.05) is 42.5 Å². The molecule has 2 amide bonds. The van der Waals surface area contributed by atoms with Crippen LogP contribution in [-0.2, 0) is 11.2 Å². The summed E-state index contributed by atoms with van der Waals surface area (Å²) in [6, 6.07) is 18.9. The van der Waals surface area contributed by atoms with Gasteiger partial charge in [-0.15, -0.1) is 0 Å². The second-order valence-corrected chi connectivity index (χ2v) is 8.18. The molecule has 170 valence electrons. The Balaban J connectivity index is 1.47. The SMILES string of the molecule is Cc1ccc(C(=O)N[C@@H](Cc2ccccc2)C(=O)N2CCN(c3ccccn3)CC2)cc1F. The summed E-state index contributed by atoms with van der Waals surface area (Å²) in [6.07, 6.45) is 2.12. The molecular weight excluding hydrogens is 419 g/mol. The van der Waals surface area contributed by atoms with E-state index in [9.17, 15) is 14.0 Å². The van der Waals surface area contributed by atoms with Crippen LogP contribution >= 0.6 is 0 Å². The van der Waals surface area contributed by atoms with Crippen LogP contribution in [0.2, 0.25) is 0 Å². The third-order valence-electron chi connectivity index (χ3n) is 5.88. The minimum Gasteiger partial charge on any atom is -0.353 e. The number of hydrogen-bond acceptors (Lipinski definition) is 4. The van der Waals surface area contributed by atoms with Gasteiger partial charge in [0.2, 0.25) is 5.91 Å². The number of carbonyl (C=O) groups is 2. The Morgan fingerprint density at radius 3 is 2.39 bits per heavy atom. The first-order valence-corrected chi connectivity index (χ1v) is 11.1. The van der Waals surface area contributed by atoms with Crippen molar-refractivity contribution in [2.75, 3.05) is 31.1 Å². The van der Waals surface area contributed by atoms with Crippen LogP contribution in [0.1, 0.15) is 21.5 Å². The lowest BCUT2D eigenvalue weighted by atomic mass is 10.0. The van der Waals surface area contributed by atoms with E-state index in [0.29, 0.717) is 38.2 Å². The van der Waals surface area contributed by atoms with Crippen molar-refractivity contribution >= 4 is 17.6 Å². The molecule has 0 radical (unpaired) electrons. The second kappa shape index (κ2) is 10.3. The zero-order chi connectivity index (χ0) is 23.2. The van der Waals surface area contributed by atoms with Crippen molar-refractivity contribution in [3.63, 3.8) is 0 Å². The molecule has 1 aliphatic heterocycles. The monoisotopic (exact) mass is 446 g/mol. The highest BCUT2D eigenvalue weighted by atomic mass is 19.1. The first-order valence-electron chi connectivity index (χ1n) is 11.1. The highest BCUT2D eigenvalue weighted by Crippen LogP contribution is 2.15. The summed E-state index contributed by atoms with van der Waals surface area (Å²) in [6.45, 7) is 4.05. The fraction of sp³-hybridized carbons (Fsp3) is 0.269. The number of benzene rings is 2. The number of hydrogen-bond donors (Lipinski definition) is 1. The van der Waals surface area contributed by atoms with Crippen LogP contribution in [0, 0.1) is 12.7 Å². The number of amides is 2. The van der Waals surface area contributed by atoms with Gasteiger partial charge in [-0.25, -0.2) is 9.37 Å². The summed E-state index contributed by atoms with van der Waals surface area (Å²) >= 11 is 0. The fourth-order valence-corrected chi connectivity index (χ4v) is 3.94. The van der Waals surface area contributed by atoms with Crippen molar-refractivity contribution in [1.29, 1.82) is 0 Å². The van der Waals surface area contributed by atoms with E-state index in [0.717, 1.165) is 11.4 Å². The van der Waals surface area contributed by atoms with Gasteiger partial charge in [0.1, 0.15) is 17.7 Å². The largest absolute Gasteiger partial charge is 0.353 e. The lowest BCUT2D eigenvalue weighted by Gasteiger charge is -2.37. The first kappa shape index (κ1) is 22.5. The van der Waals surface area contributed by atoms with E-state index < -0.39 is 17.8 Å². The molecule has 0 saturated carbocycles. The average molecular weight is 447 g/mol. The standard InChI is InChI=1S/C26H27FN4O2/c1-19-10-11-21(18-22(19)27)25(32)29-23(17-20-7-3-2-4-8-20)26(33)31-15-13-30(14-16-31)24-9-5-6-12-28-24/h2-12,18,23H,13-17H2,1H3,(H,29,32)/t23-/m0/s1. The molecule has 1 fully saturated rings. The first-order chi connectivity index (χ1) is 16.0. The van der Waals surface area contributed by atoms with Crippen LogP contribution < -0.4 is 10.2 Å². The Bertz CT molecular complexity index is 1100. The predicted octanol–water partition coefficient (Wildman–Crippen LogP) is 3.22. The average Bonchev–Trinajstić information content (AvgIpc) is 2.86. The summed E-state index contributed by atoms with van der Waals surface area (Å²) < 4.78 is 14.0. The van der Waals surface area contributed by atoms with E-state index in [4.69, 9.17) is 0 Å². The molecule has 0 spiro atoms. The molecule has 2 aromatic carbocycles. The Labute approximate surface area is 193 Å². The van der Waals surface area contributed by atoms with E-state index >= 15 is 0 Å². The molecule has 1 atom stereocenters. The van der Waals surface area contributed by atoms with Gasteiger partial charge >= 0.3 is 0 Å². The molecule has 6 nitrogen and oxygen atoms in total. The third-order valence-corrected chi connectivity index (χ3v) is 5.88. The van der Waals surface area contributed by atoms with Crippen molar-refractivity contribution < 1.29 is 14.0 Å². The van der Waals surface area contributed by atoms with Crippen LogP contribution in [-0.4, -0.2) is 53.9 Å². The zero-order valence-electron chi connectivity index (χ0n) is 18.6. The van der Waals surface area contributed by atoms with E-state index in [1.807, 2.05) is 48.5 Å². The van der Waals surface area contributed by atoms with Crippen LogP contribution in [0.3, 0.4) is 0 Å². The highest BCUT2D eigenvalue weighted by Gasteiger charge is 2.29. The molecule has 4 rings (SSSR count). The maximum Gasteiger partial charge on any atom is 0.252 e. The van der Waals surface area contributed by atoms with Gasteiger partial charge in [0, 0.05) is 44.4 Å². The lowest BCUT2D eigenvalue weighted by Crippen LogP contribution is -2.55. The van der Waals surface area contributed by atoms with Crippen molar-refractivity contribution in [1.82, 2.24) is 15.2 Å². The molecule has 7 heteroatoms. The van der Waals surface area contributed by atoms with Gasteiger partial charge in [0.25, 0.3) is 5.91 Å². The molecule has 3 aromatic rings. The van der Waals surface area contributed by atoms with Gasteiger partial charge in [-0.2, -0.15) is 0 Å². The van der Waals surface area contributed by atoms with Crippen LogP contribution in [0.4, 0.5) is 10.2 Å². The van der Waals surface area contributed by atoms with Gasteiger partial charge in [0.05, 0.1) is 0 Å². The number of nitrogens with zero attached hydrogens (tertiary/aromatic N) is 3. The van der Waals surface area contributed by atoms with Crippen LogP contribution in [0.5, 0.6) is 0 Å². The number of piperazine rings is 1. The molecule has 2 heterocycles. The Hall–Kier alpha value is -3.74. The fourth-order valence-electron chi connectivity index (χ4n) is 3.94. The normalized spacial score (nSPS) is 14.6. The van der Waals surface area contributed by atoms with Crippen LogP contribution in [0.25, 0.3) is 0 Å². The maximum atomic E-state index is 14.0. The smallest absolute Gasteiger partial charge is 0.252 e. The lowest BCUT2D eigenvalue weighted by molar-refractivity contribution is -0.133. The van der Waals surface area contributed by atoms with Crippen molar-refractivity contribution in [2.45, 2.75) is 19.4 Å². The van der Waals surface area contributed by atoms with E-state index in [-0.39, 0.29) is 11.5 Å². The van der Waals surface area contributed by atoms with Gasteiger partial charge in [-0.05, 0) is 42.3 Å². The van der Waals surface area contributed by atoms with E-state index in [1.54, 1.807) is 30.2 Å². The van der Waals surface area contributed by atoms with Crippen molar-refractivity contribution in [3.8, 4) is 0 Å². The minimum absolute atomic E-state index is 0.138. The van der Waals surface area contributed by atoms with Crippen LogP contribution in [0.15, 0.2) is 72.9 Å². The van der Waals surface area contributed by atoms with Crippen molar-refractivity contribution in [2.24, 2.45) is 0 Å². The summed E-state index contributed by atoms with van der Waals surface area (Å²) in [5, 5.41) is 2.85. The molecule has 0 bridgehead atoms. The number of pyridine rings is 1. The van der Waals surface area contributed by atoms with Crippen molar-refractivity contribution in [3.05, 3.63) is 95.4 Å². The number of aryl methyl sites for hydroxylation is 1. The summed E-state index contributed by atoms with van der Waals surface area (Å²) in [4.78, 5) is 34.6. The molecule has 0 unspecified atom stereocenters. The minimum atomic E-state index is -0.745. The zero-order valence-corrected chi connectivity index (χ0v) is 18.6. The predicted molar refractivity (Wildman–Crippen MR) is 126 cm³/mol. The van der Waals surface area contributed by atoms with Gasteiger partial charge in [-0.3, -0.25) is 9.59 Å². The Morgan fingerprint density at radius 1 is 1.00 bits per heavy atom. The molecule has 1 aromatic heterocycles. The number of nitrogens with one attached hydrogen (secondary N) is 1.